The molecule has 0 amide bonds. The zero-order chi connectivity index (χ0) is 14.7. The summed E-state index contributed by atoms with van der Waals surface area (Å²) in [5, 5.41) is 3.49. The Morgan fingerprint density at radius 1 is 1.33 bits per heavy atom. The smallest absolute Gasteiger partial charge is 0.123 e. The number of likely N-dealkylation sites (tertiary alicyclic amines) is 1. The van der Waals surface area contributed by atoms with E-state index in [0.29, 0.717) is 5.41 Å². The van der Waals surface area contributed by atoms with Crippen molar-refractivity contribution in [3.05, 3.63) is 35.6 Å². The molecule has 0 spiro atoms. The zero-order valence-corrected chi connectivity index (χ0v) is 13.1. The van der Waals surface area contributed by atoms with Gasteiger partial charge in [0.2, 0.25) is 0 Å². The summed E-state index contributed by atoms with van der Waals surface area (Å²) in [5.41, 5.74) is 1.62. The second-order valence-electron chi connectivity index (χ2n) is 7.29. The molecule has 3 heteroatoms. The molecule has 2 saturated heterocycles. The predicted molar refractivity (Wildman–Crippen MR) is 84.9 cm³/mol. The summed E-state index contributed by atoms with van der Waals surface area (Å²) in [5.74, 6) is 0.615. The summed E-state index contributed by atoms with van der Waals surface area (Å²) in [6, 6.07) is 7.11. The minimum Gasteiger partial charge on any atom is -0.316 e. The average molecular weight is 290 g/mol. The highest BCUT2D eigenvalue weighted by atomic mass is 19.1. The first kappa shape index (κ1) is 15.0. The van der Waals surface area contributed by atoms with Crippen LogP contribution in [0.15, 0.2) is 24.3 Å². The Kier molecular flexibility index (Phi) is 4.60. The van der Waals surface area contributed by atoms with Crippen molar-refractivity contribution in [3.63, 3.8) is 0 Å². The van der Waals surface area contributed by atoms with E-state index in [4.69, 9.17) is 0 Å². The van der Waals surface area contributed by atoms with Crippen molar-refractivity contribution < 1.29 is 4.39 Å². The Morgan fingerprint density at radius 3 is 2.81 bits per heavy atom. The second kappa shape index (κ2) is 6.45. The van der Waals surface area contributed by atoms with E-state index in [0.717, 1.165) is 24.4 Å². The van der Waals surface area contributed by atoms with Gasteiger partial charge in [-0.3, -0.25) is 0 Å². The Labute approximate surface area is 127 Å². The summed E-state index contributed by atoms with van der Waals surface area (Å²) in [6.45, 7) is 8.38. The lowest BCUT2D eigenvalue weighted by atomic mass is 9.86. The van der Waals surface area contributed by atoms with Gasteiger partial charge in [0.25, 0.3) is 0 Å². The standard InChI is InChI=1S/C18H27FN2/c1-18(7-8-20-13-18)14-21-9-5-15(6-10-21)11-16-3-2-4-17(19)12-16/h2-4,12,15,20H,5-11,13-14H2,1H3. The number of rotatable bonds is 4. The molecule has 116 valence electrons. The fourth-order valence-electron chi connectivity index (χ4n) is 3.89. The number of benzene rings is 1. The first-order valence-corrected chi connectivity index (χ1v) is 8.31. The molecule has 2 aliphatic rings. The van der Waals surface area contributed by atoms with Crippen LogP contribution in [0.2, 0.25) is 0 Å². The van der Waals surface area contributed by atoms with Gasteiger partial charge in [-0.15, -0.1) is 0 Å². The van der Waals surface area contributed by atoms with Gasteiger partial charge in [0.1, 0.15) is 5.82 Å². The van der Waals surface area contributed by atoms with E-state index in [1.165, 1.54) is 51.5 Å². The lowest BCUT2D eigenvalue weighted by Gasteiger charge is -2.37. The van der Waals surface area contributed by atoms with Crippen LogP contribution in [0.4, 0.5) is 4.39 Å². The fourth-order valence-corrected chi connectivity index (χ4v) is 3.89. The van der Waals surface area contributed by atoms with Gasteiger partial charge in [0, 0.05) is 13.1 Å². The van der Waals surface area contributed by atoms with E-state index in [-0.39, 0.29) is 5.82 Å². The van der Waals surface area contributed by atoms with Crippen LogP contribution in [-0.4, -0.2) is 37.6 Å². The van der Waals surface area contributed by atoms with Gasteiger partial charge in [0.15, 0.2) is 0 Å². The molecular weight excluding hydrogens is 263 g/mol. The topological polar surface area (TPSA) is 15.3 Å². The van der Waals surface area contributed by atoms with Crippen LogP contribution in [0.1, 0.15) is 31.7 Å². The van der Waals surface area contributed by atoms with Crippen LogP contribution in [0, 0.1) is 17.2 Å². The number of nitrogens with zero attached hydrogens (tertiary/aromatic N) is 1. The van der Waals surface area contributed by atoms with Gasteiger partial charge in [-0.05, 0) is 74.3 Å². The molecular formula is C18H27FN2. The lowest BCUT2D eigenvalue weighted by Crippen LogP contribution is -2.42. The van der Waals surface area contributed by atoms with E-state index in [1.54, 1.807) is 6.07 Å². The van der Waals surface area contributed by atoms with Crippen molar-refractivity contribution in [1.82, 2.24) is 10.2 Å². The van der Waals surface area contributed by atoms with Crippen molar-refractivity contribution in [1.29, 1.82) is 0 Å². The molecule has 21 heavy (non-hydrogen) atoms. The quantitative estimate of drug-likeness (QED) is 0.917. The van der Waals surface area contributed by atoms with Crippen LogP contribution in [0.25, 0.3) is 0 Å². The van der Waals surface area contributed by atoms with Crippen LogP contribution in [-0.2, 0) is 6.42 Å². The molecule has 0 bridgehead atoms. The Balaban J connectivity index is 1.46. The third-order valence-electron chi connectivity index (χ3n) is 5.18. The maximum atomic E-state index is 13.2. The van der Waals surface area contributed by atoms with E-state index in [9.17, 15) is 4.39 Å². The molecule has 3 rings (SSSR count). The molecule has 0 radical (unpaired) electrons. The number of halogens is 1. The number of piperidine rings is 1. The van der Waals surface area contributed by atoms with Crippen molar-refractivity contribution >= 4 is 0 Å². The van der Waals surface area contributed by atoms with Gasteiger partial charge in [0.05, 0.1) is 0 Å². The van der Waals surface area contributed by atoms with E-state index < -0.39 is 0 Å². The number of hydrogen-bond donors (Lipinski definition) is 1. The monoisotopic (exact) mass is 290 g/mol. The van der Waals surface area contributed by atoms with Crippen LogP contribution >= 0.6 is 0 Å². The fraction of sp³-hybridized carbons (Fsp3) is 0.667. The van der Waals surface area contributed by atoms with Gasteiger partial charge >= 0.3 is 0 Å². The van der Waals surface area contributed by atoms with E-state index in [2.05, 4.69) is 23.2 Å². The van der Waals surface area contributed by atoms with Gasteiger partial charge in [-0.2, -0.15) is 0 Å². The van der Waals surface area contributed by atoms with Crippen molar-refractivity contribution in [2.24, 2.45) is 11.3 Å². The van der Waals surface area contributed by atoms with Crippen LogP contribution in [0.5, 0.6) is 0 Å². The highest BCUT2D eigenvalue weighted by Gasteiger charge is 2.32. The van der Waals surface area contributed by atoms with Crippen LogP contribution in [0.3, 0.4) is 0 Å². The van der Waals surface area contributed by atoms with Crippen molar-refractivity contribution in [2.45, 2.75) is 32.6 Å². The summed E-state index contributed by atoms with van der Waals surface area (Å²) in [6.07, 6.45) is 4.83. The largest absolute Gasteiger partial charge is 0.316 e. The lowest BCUT2D eigenvalue weighted by molar-refractivity contribution is 0.128. The Hall–Kier alpha value is -0.930. The minimum absolute atomic E-state index is 0.105. The minimum atomic E-state index is -0.105. The van der Waals surface area contributed by atoms with Gasteiger partial charge in [-0.1, -0.05) is 19.1 Å². The summed E-state index contributed by atoms with van der Waals surface area (Å²) in [4.78, 5) is 2.63. The van der Waals surface area contributed by atoms with Gasteiger partial charge in [-0.25, -0.2) is 4.39 Å². The molecule has 1 atom stereocenters. The first-order valence-electron chi connectivity index (χ1n) is 8.31. The molecule has 2 fully saturated rings. The summed E-state index contributed by atoms with van der Waals surface area (Å²) < 4.78 is 13.2. The number of hydrogen-bond acceptors (Lipinski definition) is 2. The molecule has 1 aromatic rings. The maximum absolute atomic E-state index is 13.2. The molecule has 1 unspecified atom stereocenters. The predicted octanol–water partition coefficient (Wildman–Crippen LogP) is 3.08. The second-order valence-corrected chi connectivity index (χ2v) is 7.29. The maximum Gasteiger partial charge on any atom is 0.123 e. The third kappa shape index (κ3) is 4.04. The van der Waals surface area contributed by atoms with E-state index in [1.807, 2.05) is 6.07 Å². The highest BCUT2D eigenvalue weighted by Crippen LogP contribution is 2.29. The third-order valence-corrected chi connectivity index (χ3v) is 5.18. The molecule has 0 saturated carbocycles. The summed E-state index contributed by atoms with van der Waals surface area (Å²) >= 11 is 0. The molecule has 1 aromatic carbocycles. The molecule has 2 heterocycles. The molecule has 1 N–H and O–H groups in total. The summed E-state index contributed by atoms with van der Waals surface area (Å²) in [7, 11) is 0. The highest BCUT2D eigenvalue weighted by molar-refractivity contribution is 5.17. The zero-order valence-electron chi connectivity index (χ0n) is 13.1. The van der Waals surface area contributed by atoms with Crippen LogP contribution < -0.4 is 5.32 Å². The molecule has 0 aromatic heterocycles. The number of nitrogens with one attached hydrogen (secondary N) is 1. The van der Waals surface area contributed by atoms with Crippen molar-refractivity contribution in [3.8, 4) is 0 Å². The SMILES string of the molecule is CC1(CN2CCC(Cc3cccc(F)c3)CC2)CCNC1. The molecule has 0 aliphatic carbocycles. The molecule has 2 aliphatic heterocycles. The Morgan fingerprint density at radius 2 is 2.14 bits per heavy atom. The average Bonchev–Trinajstić information content (AvgIpc) is 2.88. The Bertz CT molecular complexity index is 460. The van der Waals surface area contributed by atoms with Gasteiger partial charge < -0.3 is 10.2 Å². The molecule has 2 nitrogen and oxygen atoms in total. The first-order chi connectivity index (χ1) is 10.1. The normalized spacial score (nSPS) is 28.1. The van der Waals surface area contributed by atoms with E-state index >= 15 is 0 Å². The van der Waals surface area contributed by atoms with Crippen molar-refractivity contribution in [2.75, 3.05) is 32.7 Å².